The third kappa shape index (κ3) is 3.81. The number of ether oxygens (including phenoxy) is 1. The lowest BCUT2D eigenvalue weighted by Gasteiger charge is -2.07. The summed E-state index contributed by atoms with van der Waals surface area (Å²) in [5.41, 5.74) is -0.110. The molecule has 0 radical (unpaired) electrons. The van der Waals surface area contributed by atoms with E-state index >= 15 is 0 Å². The fourth-order valence-electron chi connectivity index (χ4n) is 1.36. The molecular formula is C12H10BrIN2O2. The van der Waals surface area contributed by atoms with E-state index in [1.54, 1.807) is 12.3 Å². The molecule has 18 heavy (non-hydrogen) atoms. The lowest BCUT2D eigenvalue weighted by Crippen LogP contribution is -2.25. The van der Waals surface area contributed by atoms with Crippen molar-refractivity contribution in [2.45, 2.75) is 6.54 Å². The van der Waals surface area contributed by atoms with Crippen LogP contribution in [0.2, 0.25) is 0 Å². The maximum atomic E-state index is 11.6. The highest BCUT2D eigenvalue weighted by atomic mass is 127. The van der Waals surface area contributed by atoms with Gasteiger partial charge in [0.05, 0.1) is 12.7 Å². The summed E-state index contributed by atoms with van der Waals surface area (Å²) in [6, 6.07) is 9.10. The minimum absolute atomic E-state index is 0.110. The molecule has 1 aromatic carbocycles. The first-order chi connectivity index (χ1) is 8.65. The number of halogens is 2. The van der Waals surface area contributed by atoms with E-state index in [2.05, 4.69) is 43.6 Å². The van der Waals surface area contributed by atoms with Gasteiger partial charge in [-0.25, -0.2) is 4.68 Å². The predicted molar refractivity (Wildman–Crippen MR) is 80.9 cm³/mol. The van der Waals surface area contributed by atoms with Crippen LogP contribution in [0.5, 0.6) is 5.75 Å². The van der Waals surface area contributed by atoms with Crippen molar-refractivity contribution in [2.75, 3.05) is 6.61 Å². The summed E-state index contributed by atoms with van der Waals surface area (Å²) in [5.74, 6) is 0.775. The molecule has 2 aromatic rings. The smallest absolute Gasteiger partial charge is 0.267 e. The van der Waals surface area contributed by atoms with E-state index in [9.17, 15) is 4.79 Å². The first kappa shape index (κ1) is 13.5. The second-order valence-corrected chi connectivity index (χ2v) is 5.70. The van der Waals surface area contributed by atoms with Gasteiger partial charge in [-0.15, -0.1) is 0 Å². The van der Waals surface area contributed by atoms with Crippen molar-refractivity contribution in [2.24, 2.45) is 0 Å². The van der Waals surface area contributed by atoms with Crippen LogP contribution in [0.4, 0.5) is 0 Å². The fourth-order valence-corrected chi connectivity index (χ4v) is 2.02. The van der Waals surface area contributed by atoms with E-state index in [-0.39, 0.29) is 5.56 Å². The number of aromatic nitrogens is 2. The van der Waals surface area contributed by atoms with Gasteiger partial charge in [0, 0.05) is 14.1 Å². The van der Waals surface area contributed by atoms with Crippen molar-refractivity contribution in [3.05, 3.63) is 54.9 Å². The molecule has 0 saturated carbocycles. The van der Waals surface area contributed by atoms with Gasteiger partial charge in [-0.1, -0.05) is 15.9 Å². The van der Waals surface area contributed by atoms with Gasteiger partial charge in [0.2, 0.25) is 0 Å². The highest BCUT2D eigenvalue weighted by Gasteiger charge is 1.99. The van der Waals surface area contributed by atoms with Crippen LogP contribution < -0.4 is 10.3 Å². The summed E-state index contributed by atoms with van der Waals surface area (Å²) >= 11 is 5.42. The maximum Gasteiger partial charge on any atom is 0.267 e. The molecule has 0 spiro atoms. The Bertz CT molecular complexity index is 583. The Balaban J connectivity index is 1.92. The zero-order valence-electron chi connectivity index (χ0n) is 9.35. The van der Waals surface area contributed by atoms with E-state index < -0.39 is 0 Å². The minimum atomic E-state index is -0.110. The van der Waals surface area contributed by atoms with Crippen molar-refractivity contribution in [1.29, 1.82) is 0 Å². The Kier molecular flexibility index (Phi) is 4.76. The average molecular weight is 421 g/mol. The highest BCUT2D eigenvalue weighted by Crippen LogP contribution is 2.15. The average Bonchev–Trinajstić information content (AvgIpc) is 2.34. The normalized spacial score (nSPS) is 10.3. The van der Waals surface area contributed by atoms with Crippen LogP contribution in [0.25, 0.3) is 0 Å². The van der Waals surface area contributed by atoms with Crippen LogP contribution in [-0.2, 0) is 6.54 Å². The largest absolute Gasteiger partial charge is 0.492 e. The molecule has 4 nitrogen and oxygen atoms in total. The number of benzene rings is 1. The molecule has 0 atom stereocenters. The van der Waals surface area contributed by atoms with Gasteiger partial charge in [0.1, 0.15) is 12.4 Å². The summed E-state index contributed by atoms with van der Waals surface area (Å²) in [4.78, 5) is 11.6. The third-order valence-corrected chi connectivity index (χ3v) is 3.34. The SMILES string of the molecule is O=c1cc(I)cnn1CCOc1ccc(Br)cc1. The first-order valence-corrected chi connectivity index (χ1v) is 7.13. The quantitative estimate of drug-likeness (QED) is 0.714. The van der Waals surface area contributed by atoms with Gasteiger partial charge in [-0.05, 0) is 46.9 Å². The van der Waals surface area contributed by atoms with Crippen molar-refractivity contribution >= 4 is 38.5 Å². The van der Waals surface area contributed by atoms with E-state index in [0.717, 1.165) is 13.8 Å². The second-order valence-electron chi connectivity index (χ2n) is 3.54. The minimum Gasteiger partial charge on any atom is -0.492 e. The number of hydrogen-bond acceptors (Lipinski definition) is 3. The zero-order chi connectivity index (χ0) is 13.0. The topological polar surface area (TPSA) is 44.1 Å². The molecule has 0 bridgehead atoms. The van der Waals surface area contributed by atoms with E-state index in [1.807, 2.05) is 24.3 Å². The Morgan fingerprint density at radius 3 is 2.72 bits per heavy atom. The number of hydrogen-bond donors (Lipinski definition) is 0. The van der Waals surface area contributed by atoms with Crippen LogP contribution in [0.1, 0.15) is 0 Å². The molecule has 2 rings (SSSR count). The molecule has 0 unspecified atom stereocenters. The van der Waals surface area contributed by atoms with Gasteiger partial charge >= 0.3 is 0 Å². The highest BCUT2D eigenvalue weighted by molar-refractivity contribution is 14.1. The summed E-state index contributed by atoms with van der Waals surface area (Å²) < 4.78 is 8.76. The molecule has 0 fully saturated rings. The lowest BCUT2D eigenvalue weighted by atomic mass is 10.3. The number of rotatable bonds is 4. The lowest BCUT2D eigenvalue weighted by molar-refractivity contribution is 0.287. The monoisotopic (exact) mass is 420 g/mol. The predicted octanol–water partition coefficient (Wildman–Crippen LogP) is 2.69. The van der Waals surface area contributed by atoms with E-state index in [0.29, 0.717) is 13.2 Å². The van der Waals surface area contributed by atoms with E-state index in [4.69, 9.17) is 4.74 Å². The summed E-state index contributed by atoms with van der Waals surface area (Å²) in [7, 11) is 0. The van der Waals surface area contributed by atoms with Crippen molar-refractivity contribution < 1.29 is 4.74 Å². The molecule has 0 N–H and O–H groups in total. The Morgan fingerprint density at radius 1 is 1.33 bits per heavy atom. The third-order valence-electron chi connectivity index (χ3n) is 2.22. The van der Waals surface area contributed by atoms with Crippen LogP contribution in [0.15, 0.2) is 45.8 Å². The standard InChI is InChI=1S/C12H10BrIN2O2/c13-9-1-3-11(4-2-9)18-6-5-16-12(17)7-10(14)8-15-16/h1-4,7-8H,5-6H2. The molecular weight excluding hydrogens is 411 g/mol. The molecule has 1 aromatic heterocycles. The second kappa shape index (κ2) is 6.33. The summed E-state index contributed by atoms with van der Waals surface area (Å²) in [6.07, 6.45) is 1.65. The van der Waals surface area contributed by atoms with Gasteiger partial charge in [-0.2, -0.15) is 5.10 Å². The van der Waals surface area contributed by atoms with Crippen LogP contribution >= 0.6 is 38.5 Å². The molecule has 0 aliphatic rings. The van der Waals surface area contributed by atoms with Crippen LogP contribution in [0.3, 0.4) is 0 Å². The molecule has 0 aliphatic heterocycles. The van der Waals surface area contributed by atoms with Crippen molar-refractivity contribution in [3.8, 4) is 5.75 Å². The summed E-state index contributed by atoms with van der Waals surface area (Å²) in [5, 5.41) is 4.03. The Morgan fingerprint density at radius 2 is 2.06 bits per heavy atom. The van der Waals surface area contributed by atoms with Crippen molar-refractivity contribution in [1.82, 2.24) is 9.78 Å². The van der Waals surface area contributed by atoms with E-state index in [1.165, 1.54) is 4.68 Å². The van der Waals surface area contributed by atoms with Crippen molar-refractivity contribution in [3.63, 3.8) is 0 Å². The Labute approximate surface area is 126 Å². The number of nitrogens with zero attached hydrogens (tertiary/aromatic N) is 2. The molecule has 1 heterocycles. The van der Waals surface area contributed by atoms with Gasteiger partial charge in [0.15, 0.2) is 0 Å². The maximum absolute atomic E-state index is 11.6. The molecule has 0 amide bonds. The van der Waals surface area contributed by atoms with Gasteiger partial charge < -0.3 is 4.74 Å². The zero-order valence-corrected chi connectivity index (χ0v) is 13.1. The van der Waals surface area contributed by atoms with Gasteiger partial charge in [0.25, 0.3) is 5.56 Å². The first-order valence-electron chi connectivity index (χ1n) is 5.26. The molecule has 0 aliphatic carbocycles. The summed E-state index contributed by atoms with van der Waals surface area (Å²) in [6.45, 7) is 0.848. The molecule has 0 saturated heterocycles. The molecule has 94 valence electrons. The van der Waals surface area contributed by atoms with Crippen LogP contribution in [-0.4, -0.2) is 16.4 Å². The van der Waals surface area contributed by atoms with Crippen LogP contribution in [0, 0.1) is 3.57 Å². The van der Waals surface area contributed by atoms with Gasteiger partial charge in [-0.3, -0.25) is 4.79 Å². The fraction of sp³-hybridized carbons (Fsp3) is 0.167. The Hall–Kier alpha value is -0.890. The molecule has 6 heteroatoms.